The van der Waals surface area contributed by atoms with Gasteiger partial charge in [-0.3, -0.25) is 9.59 Å². The molecule has 0 spiro atoms. The van der Waals surface area contributed by atoms with Crippen LogP contribution >= 0.6 is 0 Å². The Bertz CT molecular complexity index is 484. The van der Waals surface area contributed by atoms with Crippen molar-refractivity contribution in [1.82, 2.24) is 5.32 Å². The van der Waals surface area contributed by atoms with Gasteiger partial charge in [0.25, 0.3) is 0 Å². The number of carbonyl (C=O) groups is 2. The van der Waals surface area contributed by atoms with E-state index < -0.39 is 0 Å². The Kier molecular flexibility index (Phi) is 4.74. The van der Waals surface area contributed by atoms with Gasteiger partial charge in [-0.1, -0.05) is 17.7 Å². The first-order valence-corrected chi connectivity index (χ1v) is 6.73. The lowest BCUT2D eigenvalue weighted by molar-refractivity contribution is -0.125. The maximum atomic E-state index is 12.0. The van der Waals surface area contributed by atoms with Gasteiger partial charge < -0.3 is 15.0 Å². The molecule has 20 heavy (non-hydrogen) atoms. The van der Waals surface area contributed by atoms with E-state index in [0.717, 1.165) is 5.69 Å². The standard InChI is InChI=1S/C15H20N2O3/c1-11-3-5-13(6-4-11)17-9-12(7-15(17)19)8-16-14(18)10-20-2/h3-6,12H,7-10H2,1-2H3,(H,16,18)/t12-/m0/s1. The third-order valence-electron chi connectivity index (χ3n) is 3.41. The van der Waals surface area contributed by atoms with Crippen molar-refractivity contribution in [2.75, 3.05) is 31.7 Å². The normalized spacial score (nSPS) is 18.4. The van der Waals surface area contributed by atoms with E-state index in [-0.39, 0.29) is 24.3 Å². The molecule has 5 nitrogen and oxygen atoms in total. The van der Waals surface area contributed by atoms with Gasteiger partial charge >= 0.3 is 0 Å². The van der Waals surface area contributed by atoms with E-state index in [2.05, 4.69) is 5.32 Å². The van der Waals surface area contributed by atoms with Crippen molar-refractivity contribution in [2.45, 2.75) is 13.3 Å². The second kappa shape index (κ2) is 6.52. The lowest BCUT2D eigenvalue weighted by Crippen LogP contribution is -2.33. The molecule has 108 valence electrons. The molecule has 1 aliphatic rings. The Morgan fingerprint density at radius 3 is 2.75 bits per heavy atom. The maximum absolute atomic E-state index is 12.0. The largest absolute Gasteiger partial charge is 0.375 e. The molecule has 1 aromatic carbocycles. The first-order chi connectivity index (χ1) is 9.60. The van der Waals surface area contributed by atoms with Crippen LogP contribution in [-0.4, -0.2) is 38.6 Å². The Morgan fingerprint density at radius 2 is 2.10 bits per heavy atom. The van der Waals surface area contributed by atoms with E-state index in [9.17, 15) is 9.59 Å². The molecule has 0 unspecified atom stereocenters. The first kappa shape index (κ1) is 14.5. The maximum Gasteiger partial charge on any atom is 0.245 e. The molecule has 1 aliphatic heterocycles. The molecule has 1 atom stereocenters. The number of anilines is 1. The van der Waals surface area contributed by atoms with E-state index in [0.29, 0.717) is 19.5 Å². The van der Waals surface area contributed by atoms with Crippen molar-refractivity contribution in [3.8, 4) is 0 Å². The van der Waals surface area contributed by atoms with Gasteiger partial charge in [-0.25, -0.2) is 0 Å². The van der Waals surface area contributed by atoms with Gasteiger partial charge in [0, 0.05) is 38.2 Å². The fourth-order valence-corrected chi connectivity index (χ4v) is 2.33. The lowest BCUT2D eigenvalue weighted by Gasteiger charge is -2.17. The number of hydrogen-bond acceptors (Lipinski definition) is 3. The minimum absolute atomic E-state index is 0.0579. The van der Waals surface area contributed by atoms with Crippen LogP contribution in [0.25, 0.3) is 0 Å². The van der Waals surface area contributed by atoms with Gasteiger partial charge in [0.2, 0.25) is 11.8 Å². The fourth-order valence-electron chi connectivity index (χ4n) is 2.33. The van der Waals surface area contributed by atoms with Gasteiger partial charge in [-0.05, 0) is 19.1 Å². The van der Waals surface area contributed by atoms with Crippen molar-refractivity contribution >= 4 is 17.5 Å². The number of aryl methyl sites for hydroxylation is 1. The number of rotatable bonds is 5. The number of benzene rings is 1. The highest BCUT2D eigenvalue weighted by atomic mass is 16.5. The summed E-state index contributed by atoms with van der Waals surface area (Å²) in [6.07, 6.45) is 0.473. The summed E-state index contributed by atoms with van der Waals surface area (Å²) < 4.78 is 4.75. The summed E-state index contributed by atoms with van der Waals surface area (Å²) in [4.78, 5) is 25.1. The van der Waals surface area contributed by atoms with Gasteiger partial charge in [0.05, 0.1) is 0 Å². The Morgan fingerprint density at radius 1 is 1.40 bits per heavy atom. The van der Waals surface area contributed by atoms with E-state index >= 15 is 0 Å². The van der Waals surface area contributed by atoms with E-state index in [1.807, 2.05) is 31.2 Å². The summed E-state index contributed by atoms with van der Waals surface area (Å²) in [6, 6.07) is 7.91. The predicted molar refractivity (Wildman–Crippen MR) is 76.5 cm³/mol. The van der Waals surface area contributed by atoms with Crippen molar-refractivity contribution in [1.29, 1.82) is 0 Å². The molecule has 0 radical (unpaired) electrons. The van der Waals surface area contributed by atoms with Crippen LogP contribution in [0.2, 0.25) is 0 Å². The molecule has 1 fully saturated rings. The molecule has 0 aromatic heterocycles. The van der Waals surface area contributed by atoms with Crippen molar-refractivity contribution < 1.29 is 14.3 Å². The highest BCUT2D eigenvalue weighted by molar-refractivity contribution is 5.95. The van der Waals surface area contributed by atoms with Crippen LogP contribution in [0.1, 0.15) is 12.0 Å². The van der Waals surface area contributed by atoms with E-state index in [1.54, 1.807) is 4.90 Å². The number of nitrogens with zero attached hydrogens (tertiary/aromatic N) is 1. The quantitative estimate of drug-likeness (QED) is 0.876. The zero-order valence-corrected chi connectivity index (χ0v) is 11.9. The van der Waals surface area contributed by atoms with Crippen LogP contribution in [0.3, 0.4) is 0 Å². The number of carbonyl (C=O) groups excluding carboxylic acids is 2. The van der Waals surface area contributed by atoms with Crippen LogP contribution in [0, 0.1) is 12.8 Å². The van der Waals surface area contributed by atoms with Crippen LogP contribution in [0.5, 0.6) is 0 Å². The monoisotopic (exact) mass is 276 g/mol. The van der Waals surface area contributed by atoms with Crippen LogP contribution in [0.15, 0.2) is 24.3 Å². The summed E-state index contributed by atoms with van der Waals surface area (Å²) in [5, 5.41) is 2.78. The Balaban J connectivity index is 1.90. The van der Waals surface area contributed by atoms with Crippen LogP contribution in [-0.2, 0) is 14.3 Å². The van der Waals surface area contributed by atoms with Gasteiger partial charge in [0.15, 0.2) is 0 Å². The fraction of sp³-hybridized carbons (Fsp3) is 0.467. The van der Waals surface area contributed by atoms with Crippen molar-refractivity contribution in [2.24, 2.45) is 5.92 Å². The minimum atomic E-state index is -0.145. The smallest absolute Gasteiger partial charge is 0.245 e. The molecule has 0 bridgehead atoms. The van der Waals surface area contributed by atoms with Gasteiger partial charge in [-0.2, -0.15) is 0 Å². The lowest BCUT2D eigenvalue weighted by atomic mass is 10.1. The number of ether oxygens (including phenoxy) is 1. The third-order valence-corrected chi connectivity index (χ3v) is 3.41. The second-order valence-electron chi connectivity index (χ2n) is 5.15. The van der Waals surface area contributed by atoms with Gasteiger partial charge in [0.1, 0.15) is 6.61 Å². The molecule has 1 heterocycles. The van der Waals surface area contributed by atoms with Crippen LogP contribution in [0.4, 0.5) is 5.69 Å². The number of hydrogen-bond donors (Lipinski definition) is 1. The van der Waals surface area contributed by atoms with E-state index in [4.69, 9.17) is 4.74 Å². The number of amides is 2. The van der Waals surface area contributed by atoms with Crippen molar-refractivity contribution in [3.63, 3.8) is 0 Å². The summed E-state index contributed by atoms with van der Waals surface area (Å²) >= 11 is 0. The number of nitrogens with one attached hydrogen (secondary N) is 1. The zero-order chi connectivity index (χ0) is 14.5. The molecule has 0 saturated carbocycles. The minimum Gasteiger partial charge on any atom is -0.375 e. The SMILES string of the molecule is COCC(=O)NC[C@@H]1CC(=O)N(c2ccc(C)cc2)C1. The topological polar surface area (TPSA) is 58.6 Å². The molecule has 5 heteroatoms. The predicted octanol–water partition coefficient (Wildman–Crippen LogP) is 1.11. The van der Waals surface area contributed by atoms with Crippen molar-refractivity contribution in [3.05, 3.63) is 29.8 Å². The molecular weight excluding hydrogens is 256 g/mol. The Labute approximate surface area is 118 Å². The molecule has 2 rings (SSSR count). The zero-order valence-electron chi connectivity index (χ0n) is 11.9. The third kappa shape index (κ3) is 3.57. The second-order valence-corrected chi connectivity index (χ2v) is 5.15. The molecular formula is C15H20N2O3. The first-order valence-electron chi connectivity index (χ1n) is 6.73. The highest BCUT2D eigenvalue weighted by Crippen LogP contribution is 2.24. The summed E-state index contributed by atoms with van der Waals surface area (Å²) in [7, 11) is 1.48. The molecule has 2 amide bonds. The Hall–Kier alpha value is -1.88. The summed E-state index contributed by atoms with van der Waals surface area (Å²) in [5.41, 5.74) is 2.09. The summed E-state index contributed by atoms with van der Waals surface area (Å²) in [5.74, 6) is 0.123. The number of methoxy groups -OCH3 is 1. The average molecular weight is 276 g/mol. The highest BCUT2D eigenvalue weighted by Gasteiger charge is 2.30. The van der Waals surface area contributed by atoms with Crippen LogP contribution < -0.4 is 10.2 Å². The van der Waals surface area contributed by atoms with E-state index in [1.165, 1.54) is 12.7 Å². The molecule has 1 aromatic rings. The summed E-state index contributed by atoms with van der Waals surface area (Å²) in [6.45, 7) is 3.23. The molecule has 1 N–H and O–H groups in total. The molecule has 0 aliphatic carbocycles. The van der Waals surface area contributed by atoms with Gasteiger partial charge in [-0.15, -0.1) is 0 Å². The molecule has 1 saturated heterocycles. The average Bonchev–Trinajstić information content (AvgIpc) is 2.79.